The van der Waals surface area contributed by atoms with Gasteiger partial charge in [-0.25, -0.2) is 0 Å². The molecule has 0 aliphatic heterocycles. The highest BCUT2D eigenvalue weighted by molar-refractivity contribution is 6.15. The Kier molecular flexibility index (Phi) is 2.49. The second kappa shape index (κ2) is 4.15. The molecule has 18 heavy (non-hydrogen) atoms. The molecule has 1 aliphatic rings. The van der Waals surface area contributed by atoms with Crippen LogP contribution in [0.4, 0.5) is 5.69 Å². The number of ketones is 1. The van der Waals surface area contributed by atoms with E-state index >= 15 is 0 Å². The molecule has 0 fully saturated rings. The molecule has 2 heteroatoms. The molecule has 0 unspecified atom stereocenters. The number of hydrogen-bond donors (Lipinski definition) is 1. The predicted molar refractivity (Wildman–Crippen MR) is 73.3 cm³/mol. The van der Waals surface area contributed by atoms with Crippen molar-refractivity contribution in [2.24, 2.45) is 0 Å². The highest BCUT2D eigenvalue weighted by Gasteiger charge is 2.23. The van der Waals surface area contributed by atoms with Crippen LogP contribution in [0.5, 0.6) is 0 Å². The van der Waals surface area contributed by atoms with Crippen molar-refractivity contribution in [3.8, 4) is 0 Å². The maximum absolute atomic E-state index is 12.2. The Morgan fingerprint density at radius 2 is 1.72 bits per heavy atom. The lowest BCUT2D eigenvalue weighted by Crippen LogP contribution is -1.96. The molecule has 3 rings (SSSR count). The highest BCUT2D eigenvalue weighted by Crippen LogP contribution is 2.28. The zero-order chi connectivity index (χ0) is 12.5. The van der Waals surface area contributed by atoms with E-state index in [1.807, 2.05) is 54.6 Å². The van der Waals surface area contributed by atoms with Gasteiger partial charge in [-0.05, 0) is 23.3 Å². The van der Waals surface area contributed by atoms with Gasteiger partial charge in [-0.15, -0.1) is 0 Å². The van der Waals surface area contributed by atoms with E-state index in [9.17, 15) is 4.79 Å². The summed E-state index contributed by atoms with van der Waals surface area (Å²) < 4.78 is 0. The molecule has 0 radical (unpaired) electrons. The van der Waals surface area contributed by atoms with Gasteiger partial charge in [0.15, 0.2) is 5.78 Å². The molecule has 0 saturated heterocycles. The minimum absolute atomic E-state index is 0.119. The van der Waals surface area contributed by atoms with E-state index in [1.165, 1.54) is 0 Å². The molecule has 0 heterocycles. The molecule has 2 N–H and O–H groups in total. The van der Waals surface area contributed by atoms with Gasteiger partial charge in [0.25, 0.3) is 0 Å². The van der Waals surface area contributed by atoms with Gasteiger partial charge in [0.05, 0.1) is 0 Å². The van der Waals surface area contributed by atoms with E-state index in [4.69, 9.17) is 5.73 Å². The summed E-state index contributed by atoms with van der Waals surface area (Å²) in [5.41, 5.74) is 10.2. The van der Waals surface area contributed by atoms with Crippen LogP contribution in [0.25, 0.3) is 6.08 Å². The maximum atomic E-state index is 12.2. The Morgan fingerprint density at radius 1 is 1.00 bits per heavy atom. The van der Waals surface area contributed by atoms with Crippen molar-refractivity contribution in [3.63, 3.8) is 0 Å². The summed E-state index contributed by atoms with van der Waals surface area (Å²) in [4.78, 5) is 12.2. The van der Waals surface area contributed by atoms with Crippen molar-refractivity contribution in [1.82, 2.24) is 0 Å². The number of rotatable bonds is 1. The summed E-state index contributed by atoms with van der Waals surface area (Å²) in [6.07, 6.45) is 2.60. The second-order valence-corrected chi connectivity index (χ2v) is 4.46. The fourth-order valence-corrected chi connectivity index (χ4v) is 2.30. The molecule has 2 aromatic carbocycles. The summed E-state index contributed by atoms with van der Waals surface area (Å²) >= 11 is 0. The first-order valence-electron chi connectivity index (χ1n) is 5.93. The summed E-state index contributed by atoms with van der Waals surface area (Å²) in [5, 5.41) is 0. The Hall–Kier alpha value is -2.35. The van der Waals surface area contributed by atoms with Crippen LogP contribution in [0.1, 0.15) is 21.5 Å². The van der Waals surface area contributed by atoms with Gasteiger partial charge >= 0.3 is 0 Å². The third-order valence-corrected chi connectivity index (χ3v) is 3.26. The van der Waals surface area contributed by atoms with Crippen molar-refractivity contribution in [2.75, 3.05) is 5.73 Å². The average molecular weight is 235 g/mol. The number of Topliss-reactive ketones (excluding diaryl/α,β-unsaturated/α-hetero) is 1. The van der Waals surface area contributed by atoms with Crippen LogP contribution >= 0.6 is 0 Å². The molecule has 1 aliphatic carbocycles. The molecule has 88 valence electrons. The SMILES string of the molecule is Nc1ccccc1/C=C1\Cc2ccccc2C1=O. The quantitative estimate of drug-likeness (QED) is 0.609. The van der Waals surface area contributed by atoms with Crippen LogP contribution in [0.15, 0.2) is 54.1 Å². The molecule has 2 aromatic rings. The van der Waals surface area contributed by atoms with Crippen LogP contribution in [0.3, 0.4) is 0 Å². The molecule has 0 aromatic heterocycles. The first-order chi connectivity index (χ1) is 8.75. The number of allylic oxidation sites excluding steroid dienone is 1. The van der Waals surface area contributed by atoms with Crippen LogP contribution < -0.4 is 5.73 Å². The van der Waals surface area contributed by atoms with Gasteiger partial charge < -0.3 is 5.73 Å². The number of anilines is 1. The number of para-hydroxylation sites is 1. The Morgan fingerprint density at radius 3 is 2.50 bits per heavy atom. The maximum Gasteiger partial charge on any atom is 0.189 e. The van der Waals surface area contributed by atoms with Crippen molar-refractivity contribution in [1.29, 1.82) is 0 Å². The van der Waals surface area contributed by atoms with Crippen LogP contribution in [-0.4, -0.2) is 5.78 Å². The van der Waals surface area contributed by atoms with E-state index in [1.54, 1.807) is 0 Å². The summed E-state index contributed by atoms with van der Waals surface area (Å²) in [5.74, 6) is 0.119. The smallest absolute Gasteiger partial charge is 0.189 e. The molecule has 0 saturated carbocycles. The second-order valence-electron chi connectivity index (χ2n) is 4.46. The summed E-state index contributed by atoms with van der Waals surface area (Å²) in [6, 6.07) is 15.3. The molecule has 0 bridgehead atoms. The first kappa shape index (κ1) is 10.8. The van der Waals surface area contributed by atoms with Crippen LogP contribution in [0, 0.1) is 0 Å². The minimum Gasteiger partial charge on any atom is -0.398 e. The van der Waals surface area contributed by atoms with Crippen molar-refractivity contribution in [3.05, 3.63) is 70.8 Å². The number of nitrogens with two attached hydrogens (primary N) is 1. The largest absolute Gasteiger partial charge is 0.398 e. The number of benzene rings is 2. The molecule has 0 amide bonds. The fourth-order valence-electron chi connectivity index (χ4n) is 2.30. The Balaban J connectivity index is 2.02. The lowest BCUT2D eigenvalue weighted by Gasteiger charge is -2.00. The third-order valence-electron chi connectivity index (χ3n) is 3.26. The van der Waals surface area contributed by atoms with E-state index in [2.05, 4.69) is 0 Å². The van der Waals surface area contributed by atoms with Crippen LogP contribution in [-0.2, 0) is 6.42 Å². The van der Waals surface area contributed by atoms with Gasteiger partial charge in [-0.2, -0.15) is 0 Å². The number of fused-ring (bicyclic) bond motifs is 1. The lowest BCUT2D eigenvalue weighted by atomic mass is 10.1. The van der Waals surface area contributed by atoms with E-state index in [-0.39, 0.29) is 5.78 Å². The zero-order valence-corrected chi connectivity index (χ0v) is 9.89. The van der Waals surface area contributed by atoms with E-state index in [0.29, 0.717) is 12.1 Å². The third kappa shape index (κ3) is 1.72. The zero-order valence-electron chi connectivity index (χ0n) is 9.89. The van der Waals surface area contributed by atoms with Gasteiger partial charge in [0, 0.05) is 23.2 Å². The molecular formula is C16H13NO. The molecule has 2 nitrogen and oxygen atoms in total. The average Bonchev–Trinajstić information content (AvgIpc) is 2.70. The van der Waals surface area contributed by atoms with Crippen molar-refractivity contribution in [2.45, 2.75) is 6.42 Å². The summed E-state index contributed by atoms with van der Waals surface area (Å²) in [6.45, 7) is 0. The number of hydrogen-bond acceptors (Lipinski definition) is 2. The predicted octanol–water partition coefficient (Wildman–Crippen LogP) is 3.09. The highest BCUT2D eigenvalue weighted by atomic mass is 16.1. The molecule has 0 atom stereocenters. The lowest BCUT2D eigenvalue weighted by molar-refractivity contribution is 0.104. The van der Waals surface area contributed by atoms with Crippen molar-refractivity contribution >= 4 is 17.5 Å². The van der Waals surface area contributed by atoms with Crippen molar-refractivity contribution < 1.29 is 4.79 Å². The molecular weight excluding hydrogens is 222 g/mol. The standard InChI is InChI=1S/C16H13NO/c17-15-8-4-2-6-12(15)10-13-9-11-5-1-3-7-14(11)16(13)18/h1-8,10H,9,17H2/b13-10+. The van der Waals surface area contributed by atoms with Gasteiger partial charge in [-0.1, -0.05) is 42.5 Å². The number of carbonyl (C=O) groups is 1. The molecule has 0 spiro atoms. The first-order valence-corrected chi connectivity index (χ1v) is 5.93. The van der Waals surface area contributed by atoms with Gasteiger partial charge in [0.2, 0.25) is 0 Å². The topological polar surface area (TPSA) is 43.1 Å². The monoisotopic (exact) mass is 235 g/mol. The van der Waals surface area contributed by atoms with Gasteiger partial charge in [-0.3, -0.25) is 4.79 Å². The minimum atomic E-state index is 0.119. The summed E-state index contributed by atoms with van der Waals surface area (Å²) in [7, 11) is 0. The van der Waals surface area contributed by atoms with Gasteiger partial charge in [0.1, 0.15) is 0 Å². The Labute approximate surface area is 106 Å². The Bertz CT molecular complexity index is 656. The van der Waals surface area contributed by atoms with E-state index in [0.717, 1.165) is 22.3 Å². The van der Waals surface area contributed by atoms with Crippen LogP contribution in [0.2, 0.25) is 0 Å². The normalized spacial score (nSPS) is 16.0. The fraction of sp³-hybridized carbons (Fsp3) is 0.0625. The van der Waals surface area contributed by atoms with E-state index < -0.39 is 0 Å². The number of nitrogen functional groups attached to an aromatic ring is 1. The number of carbonyl (C=O) groups excluding carboxylic acids is 1.